The molecule has 0 aliphatic rings. The van der Waals surface area contributed by atoms with Gasteiger partial charge in [-0.1, -0.05) is 18.2 Å². The number of H-pyrrole nitrogens is 1. The van der Waals surface area contributed by atoms with Gasteiger partial charge in [0.15, 0.2) is 5.82 Å². The fourth-order valence-corrected chi connectivity index (χ4v) is 1.88. The average Bonchev–Trinajstić information content (AvgIpc) is 2.88. The normalized spacial score (nSPS) is 10.5. The van der Waals surface area contributed by atoms with Crippen LogP contribution in [-0.4, -0.2) is 20.2 Å². The molecule has 0 bridgehead atoms. The largest absolute Gasteiger partial charge is 0.399 e. The molecule has 5 heteroatoms. The topological polar surface area (TPSA) is 80.5 Å². The first kappa shape index (κ1) is 11.4. The van der Waals surface area contributed by atoms with Crippen molar-refractivity contribution in [2.75, 3.05) is 5.73 Å². The Labute approximate surface area is 110 Å². The predicted molar refractivity (Wildman–Crippen MR) is 73.3 cm³/mol. The molecule has 0 saturated heterocycles. The number of hydrogen-bond donors (Lipinski definition) is 2. The molecule has 0 amide bonds. The van der Waals surface area contributed by atoms with Gasteiger partial charge in [0.05, 0.1) is 0 Å². The van der Waals surface area contributed by atoms with Crippen molar-refractivity contribution in [2.45, 2.75) is 6.42 Å². The molecule has 0 spiro atoms. The molecule has 19 heavy (non-hydrogen) atoms. The summed E-state index contributed by atoms with van der Waals surface area (Å²) in [7, 11) is 0. The summed E-state index contributed by atoms with van der Waals surface area (Å²) in [5.41, 5.74) is 8.46. The molecule has 94 valence electrons. The van der Waals surface area contributed by atoms with Crippen LogP contribution in [0.15, 0.2) is 48.8 Å². The number of aromatic nitrogens is 4. The third-order valence-electron chi connectivity index (χ3n) is 2.77. The molecule has 2 heterocycles. The van der Waals surface area contributed by atoms with Crippen LogP contribution in [0.25, 0.3) is 11.4 Å². The van der Waals surface area contributed by atoms with Gasteiger partial charge in [0.2, 0.25) is 0 Å². The van der Waals surface area contributed by atoms with Crippen LogP contribution in [0.2, 0.25) is 0 Å². The molecule has 1 aromatic carbocycles. The van der Waals surface area contributed by atoms with Gasteiger partial charge in [-0.3, -0.25) is 10.1 Å². The van der Waals surface area contributed by atoms with Crippen molar-refractivity contribution in [1.82, 2.24) is 20.2 Å². The average molecular weight is 251 g/mol. The number of nitrogens with zero attached hydrogens (tertiary/aromatic N) is 3. The quantitative estimate of drug-likeness (QED) is 0.698. The number of pyridine rings is 1. The maximum absolute atomic E-state index is 5.75. The van der Waals surface area contributed by atoms with Crippen LogP contribution < -0.4 is 5.73 Å². The van der Waals surface area contributed by atoms with E-state index < -0.39 is 0 Å². The Morgan fingerprint density at radius 1 is 1.16 bits per heavy atom. The number of aromatic amines is 1. The zero-order chi connectivity index (χ0) is 13.1. The van der Waals surface area contributed by atoms with E-state index in [1.54, 1.807) is 6.20 Å². The lowest BCUT2D eigenvalue weighted by Gasteiger charge is -1.97. The van der Waals surface area contributed by atoms with E-state index in [2.05, 4.69) is 20.2 Å². The molecular weight excluding hydrogens is 238 g/mol. The number of anilines is 1. The first-order chi connectivity index (χ1) is 9.31. The summed E-state index contributed by atoms with van der Waals surface area (Å²) in [4.78, 5) is 8.55. The number of nitrogen functional groups attached to an aromatic ring is 1. The second kappa shape index (κ2) is 4.89. The van der Waals surface area contributed by atoms with Crippen LogP contribution in [0, 0.1) is 0 Å². The summed E-state index contributed by atoms with van der Waals surface area (Å²) in [6, 6.07) is 11.4. The predicted octanol–water partition coefficient (Wildman–Crippen LogP) is 2.04. The van der Waals surface area contributed by atoms with E-state index in [9.17, 15) is 0 Å². The monoisotopic (exact) mass is 251 g/mol. The number of hydrogen-bond acceptors (Lipinski definition) is 4. The highest BCUT2D eigenvalue weighted by Crippen LogP contribution is 2.17. The summed E-state index contributed by atoms with van der Waals surface area (Å²) < 4.78 is 0. The van der Waals surface area contributed by atoms with Gasteiger partial charge in [-0.15, -0.1) is 0 Å². The van der Waals surface area contributed by atoms with Gasteiger partial charge in [0.1, 0.15) is 5.82 Å². The molecule has 3 aromatic rings. The van der Waals surface area contributed by atoms with E-state index in [1.807, 2.05) is 42.6 Å². The Morgan fingerprint density at radius 2 is 2.11 bits per heavy atom. The SMILES string of the molecule is Nc1cccc(-c2n[nH]c(Cc3cccnc3)n2)c1. The Hall–Kier alpha value is -2.69. The van der Waals surface area contributed by atoms with Gasteiger partial charge in [0, 0.05) is 30.1 Å². The number of benzene rings is 1. The minimum absolute atomic E-state index is 0.659. The molecule has 0 radical (unpaired) electrons. The second-order valence-electron chi connectivity index (χ2n) is 4.27. The van der Waals surface area contributed by atoms with Crippen molar-refractivity contribution in [3.63, 3.8) is 0 Å². The van der Waals surface area contributed by atoms with Crippen molar-refractivity contribution < 1.29 is 0 Å². The standard InChI is InChI=1S/C14H13N5/c15-12-5-1-4-11(8-12)14-17-13(18-19-14)7-10-3-2-6-16-9-10/h1-6,8-9H,7,15H2,(H,17,18,19). The van der Waals surface area contributed by atoms with E-state index in [-0.39, 0.29) is 0 Å². The molecule has 3 rings (SSSR count). The van der Waals surface area contributed by atoms with Crippen LogP contribution in [0.4, 0.5) is 5.69 Å². The first-order valence-electron chi connectivity index (χ1n) is 5.97. The lowest BCUT2D eigenvalue weighted by Crippen LogP contribution is -1.91. The van der Waals surface area contributed by atoms with Crippen LogP contribution >= 0.6 is 0 Å². The van der Waals surface area contributed by atoms with Gasteiger partial charge in [0.25, 0.3) is 0 Å². The van der Waals surface area contributed by atoms with E-state index in [0.717, 1.165) is 17.0 Å². The number of nitrogens with one attached hydrogen (secondary N) is 1. The fourth-order valence-electron chi connectivity index (χ4n) is 1.88. The minimum Gasteiger partial charge on any atom is -0.399 e. The number of rotatable bonds is 3. The third-order valence-corrected chi connectivity index (χ3v) is 2.77. The Bertz CT molecular complexity index is 675. The Morgan fingerprint density at radius 3 is 2.89 bits per heavy atom. The van der Waals surface area contributed by atoms with Crippen molar-refractivity contribution in [3.8, 4) is 11.4 Å². The van der Waals surface area contributed by atoms with Gasteiger partial charge in [-0.2, -0.15) is 5.10 Å². The highest BCUT2D eigenvalue weighted by molar-refractivity contribution is 5.60. The zero-order valence-electron chi connectivity index (χ0n) is 10.2. The smallest absolute Gasteiger partial charge is 0.181 e. The molecular formula is C14H13N5. The van der Waals surface area contributed by atoms with E-state index in [1.165, 1.54) is 0 Å². The first-order valence-corrected chi connectivity index (χ1v) is 5.97. The molecule has 0 atom stereocenters. The van der Waals surface area contributed by atoms with E-state index in [0.29, 0.717) is 17.9 Å². The molecule has 0 aliphatic heterocycles. The van der Waals surface area contributed by atoms with Crippen LogP contribution in [0.1, 0.15) is 11.4 Å². The van der Waals surface area contributed by atoms with Gasteiger partial charge in [-0.25, -0.2) is 4.98 Å². The molecule has 0 fully saturated rings. The lowest BCUT2D eigenvalue weighted by atomic mass is 10.2. The molecule has 0 aliphatic carbocycles. The highest BCUT2D eigenvalue weighted by Gasteiger charge is 2.06. The fraction of sp³-hybridized carbons (Fsp3) is 0.0714. The van der Waals surface area contributed by atoms with Crippen molar-refractivity contribution in [3.05, 3.63) is 60.2 Å². The summed E-state index contributed by atoms with van der Waals surface area (Å²) in [6.07, 6.45) is 4.26. The molecule has 0 unspecified atom stereocenters. The number of nitrogens with two attached hydrogens (primary N) is 1. The molecule has 5 nitrogen and oxygen atoms in total. The molecule has 3 N–H and O–H groups in total. The lowest BCUT2D eigenvalue weighted by molar-refractivity contribution is 0.966. The zero-order valence-corrected chi connectivity index (χ0v) is 10.2. The summed E-state index contributed by atoms with van der Waals surface area (Å²) in [5.74, 6) is 1.47. The van der Waals surface area contributed by atoms with Crippen molar-refractivity contribution >= 4 is 5.69 Å². The van der Waals surface area contributed by atoms with Gasteiger partial charge >= 0.3 is 0 Å². The van der Waals surface area contributed by atoms with Gasteiger partial charge < -0.3 is 5.73 Å². The molecule has 2 aromatic heterocycles. The van der Waals surface area contributed by atoms with Crippen molar-refractivity contribution in [1.29, 1.82) is 0 Å². The van der Waals surface area contributed by atoms with E-state index in [4.69, 9.17) is 5.73 Å². The summed E-state index contributed by atoms with van der Waals surface area (Å²) >= 11 is 0. The van der Waals surface area contributed by atoms with Crippen LogP contribution in [-0.2, 0) is 6.42 Å². The van der Waals surface area contributed by atoms with Crippen molar-refractivity contribution in [2.24, 2.45) is 0 Å². The second-order valence-corrected chi connectivity index (χ2v) is 4.27. The molecule has 0 saturated carbocycles. The summed E-state index contributed by atoms with van der Waals surface area (Å²) in [5, 5.41) is 7.15. The summed E-state index contributed by atoms with van der Waals surface area (Å²) in [6.45, 7) is 0. The Balaban J connectivity index is 1.84. The Kier molecular flexibility index (Phi) is 2.94. The van der Waals surface area contributed by atoms with Crippen LogP contribution in [0.3, 0.4) is 0 Å². The third kappa shape index (κ3) is 2.60. The van der Waals surface area contributed by atoms with Crippen LogP contribution in [0.5, 0.6) is 0 Å². The highest BCUT2D eigenvalue weighted by atomic mass is 15.2. The van der Waals surface area contributed by atoms with Gasteiger partial charge in [-0.05, 0) is 23.8 Å². The maximum Gasteiger partial charge on any atom is 0.181 e. The maximum atomic E-state index is 5.75. The van der Waals surface area contributed by atoms with E-state index >= 15 is 0 Å². The minimum atomic E-state index is 0.659.